The number of aromatic nitrogens is 1. The van der Waals surface area contributed by atoms with Crippen LogP contribution in [0.2, 0.25) is 0 Å². The monoisotopic (exact) mass is 282 g/mol. The zero-order valence-corrected chi connectivity index (χ0v) is 11.7. The van der Waals surface area contributed by atoms with Crippen molar-refractivity contribution in [3.05, 3.63) is 54.7 Å². The Morgan fingerprint density at radius 1 is 1.14 bits per heavy atom. The van der Waals surface area contributed by atoms with E-state index in [9.17, 15) is 4.79 Å². The summed E-state index contributed by atoms with van der Waals surface area (Å²) in [7, 11) is 0. The highest BCUT2D eigenvalue weighted by Crippen LogP contribution is 2.19. The molecule has 5 heteroatoms. The van der Waals surface area contributed by atoms with E-state index in [1.54, 1.807) is 12.3 Å². The summed E-state index contributed by atoms with van der Waals surface area (Å²) in [5.74, 6) is 0.563. The Kier molecular flexibility index (Phi) is 4.00. The molecule has 1 aliphatic rings. The summed E-state index contributed by atoms with van der Waals surface area (Å²) in [5.41, 5.74) is 1.20. The molecule has 5 nitrogen and oxygen atoms in total. The average Bonchev–Trinajstić information content (AvgIpc) is 2.97. The molecule has 1 unspecified atom stereocenters. The molecule has 3 rings (SSSR count). The third-order valence-electron chi connectivity index (χ3n) is 3.55. The van der Waals surface area contributed by atoms with Gasteiger partial charge in [0.2, 0.25) is 0 Å². The molecule has 1 fully saturated rings. The molecule has 2 heterocycles. The molecule has 2 N–H and O–H groups in total. The number of carbonyl (C=O) groups excluding carboxylic acids is 1. The van der Waals surface area contributed by atoms with Crippen molar-refractivity contribution in [2.24, 2.45) is 0 Å². The van der Waals surface area contributed by atoms with Gasteiger partial charge < -0.3 is 10.2 Å². The summed E-state index contributed by atoms with van der Waals surface area (Å²) in [6, 6.07) is 15.6. The number of hydrogen-bond acceptors (Lipinski definition) is 3. The molecule has 0 bridgehead atoms. The van der Waals surface area contributed by atoms with Crippen LogP contribution in [0.1, 0.15) is 6.42 Å². The largest absolute Gasteiger partial charge is 0.369 e. The van der Waals surface area contributed by atoms with Gasteiger partial charge in [0.25, 0.3) is 0 Å². The van der Waals surface area contributed by atoms with Crippen molar-refractivity contribution in [3.8, 4) is 0 Å². The van der Waals surface area contributed by atoms with E-state index in [-0.39, 0.29) is 12.1 Å². The van der Waals surface area contributed by atoms with E-state index in [0.717, 1.165) is 19.5 Å². The van der Waals surface area contributed by atoms with Crippen molar-refractivity contribution in [1.82, 2.24) is 10.3 Å². The number of benzene rings is 1. The fraction of sp³-hybridized carbons (Fsp3) is 0.250. The highest BCUT2D eigenvalue weighted by Gasteiger charge is 2.23. The second-order valence-electron chi connectivity index (χ2n) is 5.08. The van der Waals surface area contributed by atoms with E-state index >= 15 is 0 Å². The molecule has 0 saturated carbocycles. The van der Waals surface area contributed by atoms with E-state index in [4.69, 9.17) is 0 Å². The summed E-state index contributed by atoms with van der Waals surface area (Å²) >= 11 is 0. The minimum atomic E-state index is -0.200. The second-order valence-corrected chi connectivity index (χ2v) is 5.08. The van der Waals surface area contributed by atoms with Crippen LogP contribution in [-0.2, 0) is 0 Å². The fourth-order valence-corrected chi connectivity index (χ4v) is 2.53. The van der Waals surface area contributed by atoms with Gasteiger partial charge in [-0.2, -0.15) is 0 Å². The molecule has 1 aromatic heterocycles. The van der Waals surface area contributed by atoms with Crippen LogP contribution in [0.3, 0.4) is 0 Å². The zero-order chi connectivity index (χ0) is 14.5. The third kappa shape index (κ3) is 3.51. The molecule has 1 saturated heterocycles. The molecule has 1 aromatic carbocycles. The number of anilines is 2. The van der Waals surface area contributed by atoms with E-state index in [0.29, 0.717) is 5.82 Å². The Balaban J connectivity index is 1.52. The lowest BCUT2D eigenvalue weighted by Gasteiger charge is -2.19. The van der Waals surface area contributed by atoms with Crippen LogP contribution >= 0.6 is 0 Å². The highest BCUT2D eigenvalue weighted by molar-refractivity contribution is 5.88. The first-order valence-corrected chi connectivity index (χ1v) is 7.10. The van der Waals surface area contributed by atoms with Crippen LogP contribution in [0.5, 0.6) is 0 Å². The molecule has 0 aliphatic carbocycles. The van der Waals surface area contributed by atoms with Gasteiger partial charge in [0, 0.05) is 31.0 Å². The topological polar surface area (TPSA) is 57.3 Å². The highest BCUT2D eigenvalue weighted by atomic mass is 16.2. The van der Waals surface area contributed by atoms with Crippen LogP contribution in [0.25, 0.3) is 0 Å². The number of amides is 2. The fourth-order valence-electron chi connectivity index (χ4n) is 2.53. The molecule has 2 amide bonds. The van der Waals surface area contributed by atoms with Crippen molar-refractivity contribution in [2.75, 3.05) is 23.3 Å². The zero-order valence-electron chi connectivity index (χ0n) is 11.7. The molecular weight excluding hydrogens is 264 g/mol. The lowest BCUT2D eigenvalue weighted by atomic mass is 10.3. The molecule has 0 radical (unpaired) electrons. The van der Waals surface area contributed by atoms with Gasteiger partial charge in [0.05, 0.1) is 0 Å². The maximum Gasteiger partial charge on any atom is 0.320 e. The van der Waals surface area contributed by atoms with Crippen LogP contribution in [0.4, 0.5) is 16.3 Å². The number of urea groups is 1. The SMILES string of the molecule is O=C(Nc1ccccn1)NC1CCN(c2ccccc2)C1. The number of nitrogens with zero attached hydrogens (tertiary/aromatic N) is 2. The maximum absolute atomic E-state index is 11.9. The summed E-state index contributed by atoms with van der Waals surface area (Å²) in [6.07, 6.45) is 2.60. The number of carbonyl (C=O) groups is 1. The van der Waals surface area contributed by atoms with Gasteiger partial charge in [-0.1, -0.05) is 24.3 Å². The summed E-state index contributed by atoms with van der Waals surface area (Å²) < 4.78 is 0. The van der Waals surface area contributed by atoms with Crippen LogP contribution in [0, 0.1) is 0 Å². The number of hydrogen-bond donors (Lipinski definition) is 2. The van der Waals surface area contributed by atoms with Crippen molar-refractivity contribution >= 4 is 17.5 Å². The van der Waals surface area contributed by atoms with Gasteiger partial charge in [0.15, 0.2) is 0 Å². The number of para-hydroxylation sites is 1. The van der Waals surface area contributed by atoms with E-state index < -0.39 is 0 Å². The Hall–Kier alpha value is -2.56. The Morgan fingerprint density at radius 3 is 2.71 bits per heavy atom. The predicted molar refractivity (Wildman–Crippen MR) is 83.5 cm³/mol. The van der Waals surface area contributed by atoms with E-state index in [1.165, 1.54) is 5.69 Å². The first kappa shape index (κ1) is 13.4. The lowest BCUT2D eigenvalue weighted by molar-refractivity contribution is 0.249. The molecule has 2 aromatic rings. The summed E-state index contributed by atoms with van der Waals surface area (Å²) in [4.78, 5) is 18.3. The Morgan fingerprint density at radius 2 is 1.95 bits per heavy atom. The smallest absolute Gasteiger partial charge is 0.320 e. The minimum absolute atomic E-state index is 0.161. The maximum atomic E-state index is 11.9. The van der Waals surface area contributed by atoms with Gasteiger partial charge in [-0.25, -0.2) is 9.78 Å². The van der Waals surface area contributed by atoms with E-state index in [1.807, 2.05) is 30.3 Å². The molecule has 108 valence electrons. The minimum Gasteiger partial charge on any atom is -0.369 e. The van der Waals surface area contributed by atoms with Gasteiger partial charge in [-0.05, 0) is 30.7 Å². The Bertz CT molecular complexity index is 588. The van der Waals surface area contributed by atoms with Crippen LogP contribution in [0.15, 0.2) is 54.7 Å². The first-order chi connectivity index (χ1) is 10.3. The van der Waals surface area contributed by atoms with Crippen molar-refractivity contribution < 1.29 is 4.79 Å². The third-order valence-corrected chi connectivity index (χ3v) is 3.55. The summed E-state index contributed by atoms with van der Waals surface area (Å²) in [5, 5.41) is 5.74. The van der Waals surface area contributed by atoms with Crippen molar-refractivity contribution in [2.45, 2.75) is 12.5 Å². The van der Waals surface area contributed by atoms with Gasteiger partial charge in [-0.15, -0.1) is 0 Å². The molecule has 1 aliphatic heterocycles. The lowest BCUT2D eigenvalue weighted by Crippen LogP contribution is -2.39. The second kappa shape index (κ2) is 6.26. The van der Waals surface area contributed by atoms with Crippen molar-refractivity contribution in [1.29, 1.82) is 0 Å². The normalized spacial score (nSPS) is 17.5. The number of nitrogens with one attached hydrogen (secondary N) is 2. The van der Waals surface area contributed by atoms with Gasteiger partial charge in [0.1, 0.15) is 5.82 Å². The molecule has 0 spiro atoms. The van der Waals surface area contributed by atoms with Gasteiger partial charge >= 0.3 is 6.03 Å². The van der Waals surface area contributed by atoms with Gasteiger partial charge in [-0.3, -0.25) is 5.32 Å². The van der Waals surface area contributed by atoms with Crippen LogP contribution in [-0.4, -0.2) is 30.1 Å². The predicted octanol–water partition coefficient (Wildman–Crippen LogP) is 2.48. The number of rotatable bonds is 3. The average molecular weight is 282 g/mol. The summed E-state index contributed by atoms with van der Waals surface area (Å²) in [6.45, 7) is 1.79. The Labute approximate surface area is 124 Å². The number of pyridine rings is 1. The molecular formula is C16H18N4O. The van der Waals surface area contributed by atoms with Crippen molar-refractivity contribution in [3.63, 3.8) is 0 Å². The quantitative estimate of drug-likeness (QED) is 0.909. The standard InChI is InChI=1S/C16H18N4O/c21-16(19-15-8-4-5-10-17-15)18-13-9-11-20(12-13)14-6-2-1-3-7-14/h1-8,10,13H,9,11-12H2,(H2,17,18,19,21). The van der Waals surface area contributed by atoms with Crippen LogP contribution < -0.4 is 15.5 Å². The first-order valence-electron chi connectivity index (χ1n) is 7.10. The molecule has 21 heavy (non-hydrogen) atoms. The van der Waals surface area contributed by atoms with E-state index in [2.05, 4.69) is 32.7 Å². The molecule has 1 atom stereocenters.